The smallest absolute Gasteiger partial charge is 0.237 e. The number of nitrogens with one attached hydrogen (secondary N) is 1. The largest absolute Gasteiger partial charge is 0.356 e. The molecule has 50 heavy (non-hydrogen) atoms. The van der Waals surface area contributed by atoms with Gasteiger partial charge in [-0.1, -0.05) is 118 Å². The first-order chi connectivity index (χ1) is 23.6. The molecule has 1 aliphatic carbocycles. The molecule has 1 aromatic rings. The molecule has 2 aliphatic rings. The predicted molar refractivity (Wildman–Crippen MR) is 219 cm³/mol. The molecule has 0 aromatic heterocycles. The van der Waals surface area contributed by atoms with Gasteiger partial charge >= 0.3 is 0 Å². The van der Waals surface area contributed by atoms with Crippen molar-refractivity contribution in [2.24, 2.45) is 16.8 Å². The number of amides is 1. The van der Waals surface area contributed by atoms with Gasteiger partial charge in [0.15, 0.2) is 0 Å². The number of carbonyl (C=O) groups is 1. The lowest BCUT2D eigenvalue weighted by Gasteiger charge is -2.41. The van der Waals surface area contributed by atoms with Gasteiger partial charge in [-0.15, -0.1) is 0 Å². The first-order valence-electron chi connectivity index (χ1n) is 19.2. The van der Waals surface area contributed by atoms with Crippen LogP contribution in [0.2, 0.25) is 0 Å². The molecule has 4 nitrogen and oxygen atoms in total. The molecule has 1 N–H and O–H groups in total. The van der Waals surface area contributed by atoms with E-state index in [2.05, 4.69) is 72.1 Å². The Bertz CT molecular complexity index is 1410. The number of allylic oxidation sites excluding steroid dienone is 8. The Morgan fingerprint density at radius 3 is 2.18 bits per heavy atom. The number of aliphatic imine (C=N–C) groups is 1. The van der Waals surface area contributed by atoms with Crippen molar-refractivity contribution in [2.75, 3.05) is 4.90 Å². The molecule has 0 bridgehead atoms. The number of hydrogen-bond donors (Lipinski definition) is 1. The molecule has 5 heteroatoms. The van der Waals surface area contributed by atoms with Crippen LogP contribution in [0.3, 0.4) is 0 Å². The first kappa shape index (κ1) is 44.6. The van der Waals surface area contributed by atoms with Gasteiger partial charge in [-0.25, -0.2) is 4.39 Å². The van der Waals surface area contributed by atoms with Gasteiger partial charge in [-0.3, -0.25) is 9.79 Å². The Morgan fingerprint density at radius 1 is 1.08 bits per heavy atom. The summed E-state index contributed by atoms with van der Waals surface area (Å²) in [5.41, 5.74) is 6.01. The quantitative estimate of drug-likeness (QED) is 0.113. The van der Waals surface area contributed by atoms with Crippen LogP contribution in [0.5, 0.6) is 0 Å². The van der Waals surface area contributed by atoms with E-state index in [9.17, 15) is 9.18 Å². The lowest BCUT2D eigenvalue weighted by atomic mass is 9.77. The number of unbranched alkanes of at least 4 members (excludes halogenated alkanes) is 4. The Labute approximate surface area is 306 Å². The van der Waals surface area contributed by atoms with E-state index in [1.165, 1.54) is 38.2 Å². The maximum Gasteiger partial charge on any atom is 0.237 e. The van der Waals surface area contributed by atoms with Crippen molar-refractivity contribution in [2.45, 2.75) is 152 Å². The summed E-state index contributed by atoms with van der Waals surface area (Å²) in [6, 6.07) is 6.50. The highest BCUT2D eigenvalue weighted by molar-refractivity contribution is 6.08. The summed E-state index contributed by atoms with van der Waals surface area (Å²) in [4.78, 5) is 20.2. The van der Waals surface area contributed by atoms with E-state index < -0.39 is 11.2 Å². The SMILES string of the molecule is C=C/C(F)=C(\C=C/C)N/C(C)=C(C)/C(=C\C(=C)c1ccc2c(c1)N(C1CC(CC)C1)C(=O)C2(C)C)N=CCC.CC(C)C.CCCCCCC. The lowest BCUT2D eigenvalue weighted by molar-refractivity contribution is -0.123. The van der Waals surface area contributed by atoms with Crippen LogP contribution in [0.1, 0.15) is 152 Å². The van der Waals surface area contributed by atoms with Crippen LogP contribution in [0.4, 0.5) is 10.1 Å². The molecule has 278 valence electrons. The molecule has 0 spiro atoms. The summed E-state index contributed by atoms with van der Waals surface area (Å²) in [7, 11) is 0. The fourth-order valence-electron chi connectivity index (χ4n) is 5.89. The second-order valence-electron chi connectivity index (χ2n) is 14.8. The van der Waals surface area contributed by atoms with E-state index in [-0.39, 0.29) is 11.9 Å². The molecule has 1 heterocycles. The molecule has 3 rings (SSSR count). The topological polar surface area (TPSA) is 44.7 Å². The monoisotopic (exact) mass is 688 g/mol. The predicted octanol–water partition coefficient (Wildman–Crippen LogP) is 13.3. The van der Waals surface area contributed by atoms with Crippen LogP contribution in [-0.2, 0) is 10.2 Å². The number of halogens is 1. The van der Waals surface area contributed by atoms with Gasteiger partial charge in [0.2, 0.25) is 5.91 Å². The zero-order valence-corrected chi connectivity index (χ0v) is 33.8. The van der Waals surface area contributed by atoms with Crippen molar-refractivity contribution in [3.63, 3.8) is 0 Å². The molecular formula is C45H70FN3O. The van der Waals surface area contributed by atoms with Gasteiger partial charge in [-0.05, 0) is 112 Å². The van der Waals surface area contributed by atoms with Gasteiger partial charge in [0.1, 0.15) is 5.83 Å². The van der Waals surface area contributed by atoms with Crippen molar-refractivity contribution in [1.82, 2.24) is 5.32 Å². The van der Waals surface area contributed by atoms with Crippen LogP contribution >= 0.6 is 0 Å². The third-order valence-corrected chi connectivity index (χ3v) is 9.18. The Kier molecular flexibility index (Phi) is 19.9. The molecule has 1 aromatic carbocycles. The van der Waals surface area contributed by atoms with Gasteiger partial charge in [-0.2, -0.15) is 0 Å². The third-order valence-electron chi connectivity index (χ3n) is 9.18. The minimum absolute atomic E-state index is 0.181. The Morgan fingerprint density at radius 2 is 1.68 bits per heavy atom. The normalized spacial score (nSPS) is 19.2. The van der Waals surface area contributed by atoms with Crippen molar-refractivity contribution in [1.29, 1.82) is 0 Å². The molecule has 0 atom stereocenters. The second-order valence-corrected chi connectivity index (χ2v) is 14.8. The average Bonchev–Trinajstić information content (AvgIpc) is 3.25. The Hall–Kier alpha value is -3.47. The molecule has 1 fully saturated rings. The van der Waals surface area contributed by atoms with Crippen LogP contribution in [0, 0.1) is 11.8 Å². The average molecular weight is 688 g/mol. The van der Waals surface area contributed by atoms with E-state index in [1.54, 1.807) is 12.2 Å². The number of fused-ring (bicyclic) bond motifs is 1. The van der Waals surface area contributed by atoms with Crippen molar-refractivity contribution in [3.8, 4) is 0 Å². The molecule has 1 amide bonds. The molecule has 0 unspecified atom stereocenters. The fourth-order valence-corrected chi connectivity index (χ4v) is 5.89. The van der Waals surface area contributed by atoms with E-state index in [0.717, 1.165) is 71.0 Å². The van der Waals surface area contributed by atoms with Gasteiger partial charge < -0.3 is 10.2 Å². The van der Waals surface area contributed by atoms with Crippen molar-refractivity contribution >= 4 is 23.4 Å². The maximum atomic E-state index is 14.3. The standard InChI is InChI=1S/C34H44FN3O.C7H16.C4H10/c1-10-14-30(29(35)13-4)37-24(7)23(6)31(36-17-11-2)18-22(5)26-15-16-28-32(21-26)38(33(39)34(28,8)9)27-19-25(12-3)20-27;1-3-5-7-6-4-2;1-4(2)3/h10,13-18,21,25,27,37H,4-5,11-12,19-20H2,1-3,6-9H3;3-7H2,1-2H3;4H,1-3H3/b14-10-,24-23+,30-29-,31-18+,36-17?;;. The van der Waals surface area contributed by atoms with Crippen molar-refractivity contribution < 1.29 is 9.18 Å². The van der Waals surface area contributed by atoms with Gasteiger partial charge in [0, 0.05) is 23.6 Å². The summed E-state index contributed by atoms with van der Waals surface area (Å²) >= 11 is 0. The van der Waals surface area contributed by atoms with Crippen LogP contribution in [-0.4, -0.2) is 18.2 Å². The molecule has 0 saturated heterocycles. The lowest BCUT2D eigenvalue weighted by Crippen LogP contribution is -2.49. The minimum Gasteiger partial charge on any atom is -0.356 e. The third kappa shape index (κ3) is 13.0. The van der Waals surface area contributed by atoms with Crippen LogP contribution < -0.4 is 10.2 Å². The first-order valence-corrected chi connectivity index (χ1v) is 19.2. The maximum absolute atomic E-state index is 14.3. The highest BCUT2D eigenvalue weighted by atomic mass is 19.1. The summed E-state index contributed by atoms with van der Waals surface area (Å²) in [5, 5.41) is 3.16. The molecule has 1 saturated carbocycles. The van der Waals surface area contributed by atoms with E-state index in [4.69, 9.17) is 4.99 Å². The number of nitrogens with zero attached hydrogens (tertiary/aromatic N) is 2. The highest BCUT2D eigenvalue weighted by Crippen LogP contribution is 2.48. The number of anilines is 1. The van der Waals surface area contributed by atoms with Crippen LogP contribution in [0.15, 0.2) is 89.1 Å². The molecule has 1 aliphatic heterocycles. The number of hydrogen-bond acceptors (Lipinski definition) is 3. The van der Waals surface area contributed by atoms with E-state index >= 15 is 0 Å². The number of benzene rings is 1. The summed E-state index contributed by atoms with van der Waals surface area (Å²) in [6.07, 6.45) is 19.5. The van der Waals surface area contributed by atoms with Crippen LogP contribution in [0.25, 0.3) is 5.57 Å². The minimum atomic E-state index is -0.542. The fraction of sp³-hybridized carbons (Fsp3) is 0.556. The number of rotatable bonds is 15. The summed E-state index contributed by atoms with van der Waals surface area (Å²) in [6.45, 7) is 32.9. The molecular weight excluding hydrogens is 618 g/mol. The number of carbonyl (C=O) groups excluding carboxylic acids is 1. The zero-order chi connectivity index (χ0) is 38.0. The van der Waals surface area contributed by atoms with Crippen molar-refractivity contribution in [3.05, 3.63) is 95.3 Å². The van der Waals surface area contributed by atoms with E-state index in [1.807, 2.05) is 64.8 Å². The van der Waals surface area contributed by atoms with Gasteiger partial charge in [0.25, 0.3) is 0 Å². The van der Waals surface area contributed by atoms with Gasteiger partial charge in [0.05, 0.1) is 16.8 Å². The second kappa shape index (κ2) is 22.4. The Balaban J connectivity index is 0.000000983. The highest BCUT2D eigenvalue weighted by Gasteiger charge is 2.48. The zero-order valence-electron chi connectivity index (χ0n) is 33.8. The summed E-state index contributed by atoms with van der Waals surface area (Å²) in [5.74, 6) is 1.29. The van der Waals surface area contributed by atoms with E-state index in [0.29, 0.717) is 11.6 Å². The summed E-state index contributed by atoms with van der Waals surface area (Å²) < 4.78 is 14.3. The molecule has 0 radical (unpaired) electrons.